The molecule has 2 nitrogen and oxygen atoms in total. The van der Waals surface area contributed by atoms with E-state index in [9.17, 15) is 4.79 Å². The van der Waals surface area contributed by atoms with Crippen LogP contribution in [0.4, 0.5) is 0 Å². The lowest BCUT2D eigenvalue weighted by atomic mass is 9.90. The smallest absolute Gasteiger partial charge is 0.169 e. The Bertz CT molecular complexity index is 683. The first-order valence-electron chi connectivity index (χ1n) is 7.26. The van der Waals surface area contributed by atoms with Crippen molar-refractivity contribution in [2.24, 2.45) is 5.41 Å². The Labute approximate surface area is 141 Å². The van der Waals surface area contributed by atoms with Crippen molar-refractivity contribution in [3.05, 3.63) is 40.2 Å². The van der Waals surface area contributed by atoms with Gasteiger partial charge in [0.1, 0.15) is 11.9 Å². The number of rotatable bonds is 4. The minimum atomic E-state index is 0.0478. The summed E-state index contributed by atoms with van der Waals surface area (Å²) in [5.74, 6) is 0.775. The number of hydrogen-bond acceptors (Lipinski definition) is 3. The summed E-state index contributed by atoms with van der Waals surface area (Å²) in [7, 11) is 0. The van der Waals surface area contributed by atoms with Crippen LogP contribution in [0.2, 0.25) is 5.02 Å². The second-order valence-electron chi connectivity index (χ2n) is 6.49. The van der Waals surface area contributed by atoms with Crippen molar-refractivity contribution in [2.75, 3.05) is 0 Å². The maximum atomic E-state index is 11.4. The summed E-state index contributed by atoms with van der Waals surface area (Å²) < 4.78 is 5.96. The van der Waals surface area contributed by atoms with Gasteiger partial charge in [0.2, 0.25) is 0 Å². The second kappa shape index (κ2) is 6.43. The van der Waals surface area contributed by atoms with Gasteiger partial charge in [0.05, 0.1) is 9.90 Å². The molecule has 118 valence electrons. The summed E-state index contributed by atoms with van der Waals surface area (Å²) in [6.45, 7) is 10.0. The highest BCUT2D eigenvalue weighted by atomic mass is 35.5. The SMILES string of the molecule is CC(=O)c1ccc(-c2ccc(OC(C)C(C)(C)C)c(Cl)c2)s1. The Balaban J connectivity index is 2.24. The molecule has 1 aromatic heterocycles. The fraction of sp³-hybridized carbons (Fsp3) is 0.389. The predicted molar refractivity (Wildman–Crippen MR) is 94.3 cm³/mol. The average molecular weight is 337 g/mol. The Kier molecular flexibility index (Phi) is 4.98. The van der Waals surface area contributed by atoms with E-state index in [1.165, 1.54) is 11.3 Å². The van der Waals surface area contributed by atoms with E-state index in [0.29, 0.717) is 10.8 Å². The molecule has 0 aliphatic rings. The van der Waals surface area contributed by atoms with Gasteiger partial charge in [-0.2, -0.15) is 0 Å². The molecule has 1 atom stereocenters. The van der Waals surface area contributed by atoms with Gasteiger partial charge in [-0.15, -0.1) is 11.3 Å². The van der Waals surface area contributed by atoms with Crippen molar-refractivity contribution in [2.45, 2.75) is 40.7 Å². The van der Waals surface area contributed by atoms with Crippen molar-refractivity contribution < 1.29 is 9.53 Å². The predicted octanol–water partition coefficient (Wildman–Crippen LogP) is 6.08. The van der Waals surface area contributed by atoms with Crippen LogP contribution >= 0.6 is 22.9 Å². The zero-order valence-electron chi connectivity index (χ0n) is 13.6. The number of Topliss-reactive ketones (excluding diaryl/α,β-unsaturated/α-hetero) is 1. The van der Waals surface area contributed by atoms with Crippen LogP contribution in [0.3, 0.4) is 0 Å². The zero-order valence-corrected chi connectivity index (χ0v) is 15.1. The van der Waals surface area contributed by atoms with E-state index in [4.69, 9.17) is 16.3 Å². The zero-order chi connectivity index (χ0) is 16.5. The number of carbonyl (C=O) groups is 1. The molecule has 0 aliphatic heterocycles. The number of hydrogen-bond donors (Lipinski definition) is 0. The van der Waals surface area contributed by atoms with E-state index in [1.807, 2.05) is 37.3 Å². The van der Waals surface area contributed by atoms with Gasteiger partial charge in [-0.25, -0.2) is 0 Å². The Morgan fingerprint density at radius 2 is 1.91 bits per heavy atom. The van der Waals surface area contributed by atoms with Gasteiger partial charge >= 0.3 is 0 Å². The number of benzene rings is 1. The van der Waals surface area contributed by atoms with Crippen LogP contribution in [0.5, 0.6) is 5.75 Å². The number of ether oxygens (including phenoxy) is 1. The third-order valence-electron chi connectivity index (χ3n) is 3.69. The minimum absolute atomic E-state index is 0.0478. The van der Waals surface area contributed by atoms with Crippen LogP contribution in [0.15, 0.2) is 30.3 Å². The van der Waals surface area contributed by atoms with Crippen molar-refractivity contribution in [3.63, 3.8) is 0 Å². The maximum absolute atomic E-state index is 11.4. The largest absolute Gasteiger partial charge is 0.489 e. The van der Waals surface area contributed by atoms with E-state index in [-0.39, 0.29) is 17.3 Å². The normalized spacial score (nSPS) is 13.0. The van der Waals surface area contributed by atoms with Crippen LogP contribution in [-0.4, -0.2) is 11.9 Å². The van der Waals surface area contributed by atoms with Crippen LogP contribution in [0.25, 0.3) is 10.4 Å². The number of ketones is 1. The van der Waals surface area contributed by atoms with E-state index >= 15 is 0 Å². The third kappa shape index (κ3) is 3.90. The molecule has 0 amide bonds. The molecule has 1 aromatic carbocycles. The average Bonchev–Trinajstić information content (AvgIpc) is 2.89. The molecule has 0 bridgehead atoms. The molecular formula is C18H21ClO2S. The van der Waals surface area contributed by atoms with Gasteiger partial charge in [-0.1, -0.05) is 32.4 Å². The van der Waals surface area contributed by atoms with E-state index in [0.717, 1.165) is 15.3 Å². The lowest BCUT2D eigenvalue weighted by Crippen LogP contribution is -2.28. The van der Waals surface area contributed by atoms with Crippen molar-refractivity contribution in [1.29, 1.82) is 0 Å². The molecule has 1 heterocycles. The summed E-state index contributed by atoms with van der Waals surface area (Å²) in [6, 6.07) is 9.56. The Morgan fingerprint density at radius 1 is 1.23 bits per heavy atom. The summed E-state index contributed by atoms with van der Waals surface area (Å²) in [6.07, 6.45) is 0.0573. The molecule has 0 N–H and O–H groups in total. The molecule has 0 radical (unpaired) electrons. The molecule has 4 heteroatoms. The van der Waals surface area contributed by atoms with Gasteiger partial charge in [0.15, 0.2) is 5.78 Å². The van der Waals surface area contributed by atoms with Gasteiger partial charge in [-0.05, 0) is 55.2 Å². The molecule has 0 saturated carbocycles. The van der Waals surface area contributed by atoms with Gasteiger partial charge < -0.3 is 4.74 Å². The number of carbonyl (C=O) groups excluding carboxylic acids is 1. The van der Waals surface area contributed by atoms with E-state index in [2.05, 4.69) is 20.8 Å². The standard InChI is InChI=1S/C18H21ClO2S/c1-11(20)16-8-9-17(22-16)13-6-7-15(14(19)10-13)21-12(2)18(3,4)5/h6-10,12H,1-5H3. The Hall–Kier alpha value is -1.32. The summed E-state index contributed by atoms with van der Waals surface area (Å²) in [5.41, 5.74) is 1.05. The van der Waals surface area contributed by atoms with Gasteiger partial charge in [0, 0.05) is 4.88 Å². The van der Waals surface area contributed by atoms with E-state index < -0.39 is 0 Å². The molecule has 2 rings (SSSR count). The highest BCUT2D eigenvalue weighted by Gasteiger charge is 2.22. The molecule has 22 heavy (non-hydrogen) atoms. The third-order valence-corrected chi connectivity index (χ3v) is 5.22. The van der Waals surface area contributed by atoms with Crippen LogP contribution in [-0.2, 0) is 0 Å². The number of thiophene rings is 1. The Morgan fingerprint density at radius 3 is 2.41 bits per heavy atom. The van der Waals surface area contributed by atoms with Crippen molar-refractivity contribution in [1.82, 2.24) is 0 Å². The summed E-state index contributed by atoms with van der Waals surface area (Å²) >= 11 is 7.83. The molecular weight excluding hydrogens is 316 g/mol. The lowest BCUT2D eigenvalue weighted by Gasteiger charge is -2.28. The molecule has 0 aliphatic carbocycles. The van der Waals surface area contributed by atoms with Crippen LogP contribution in [0, 0.1) is 5.41 Å². The van der Waals surface area contributed by atoms with E-state index in [1.54, 1.807) is 6.92 Å². The molecule has 0 spiro atoms. The second-order valence-corrected chi connectivity index (χ2v) is 7.98. The fourth-order valence-electron chi connectivity index (χ4n) is 1.80. The first-order chi connectivity index (χ1) is 10.2. The van der Waals surface area contributed by atoms with Crippen LogP contribution < -0.4 is 4.74 Å². The van der Waals surface area contributed by atoms with Crippen molar-refractivity contribution >= 4 is 28.7 Å². The highest BCUT2D eigenvalue weighted by molar-refractivity contribution is 7.17. The molecule has 0 saturated heterocycles. The van der Waals surface area contributed by atoms with Gasteiger partial charge in [0.25, 0.3) is 0 Å². The van der Waals surface area contributed by atoms with Crippen LogP contribution in [0.1, 0.15) is 44.3 Å². The molecule has 0 fully saturated rings. The quantitative estimate of drug-likeness (QED) is 0.632. The summed E-state index contributed by atoms with van der Waals surface area (Å²) in [5, 5.41) is 0.589. The van der Waals surface area contributed by atoms with Crippen molar-refractivity contribution in [3.8, 4) is 16.2 Å². The fourth-order valence-corrected chi connectivity index (χ4v) is 2.92. The van der Waals surface area contributed by atoms with Gasteiger partial charge in [-0.3, -0.25) is 4.79 Å². The minimum Gasteiger partial charge on any atom is -0.489 e. The lowest BCUT2D eigenvalue weighted by molar-refractivity contribution is 0.102. The maximum Gasteiger partial charge on any atom is 0.169 e. The topological polar surface area (TPSA) is 26.3 Å². The molecule has 2 aromatic rings. The highest BCUT2D eigenvalue weighted by Crippen LogP contribution is 2.35. The monoisotopic (exact) mass is 336 g/mol. The summed E-state index contributed by atoms with van der Waals surface area (Å²) in [4.78, 5) is 13.2. The first kappa shape index (κ1) is 17.0. The molecule has 1 unspecified atom stereocenters. The first-order valence-corrected chi connectivity index (χ1v) is 8.45. The number of halogens is 1.